The first-order valence-corrected chi connectivity index (χ1v) is 7.90. The smallest absolute Gasteiger partial charge is 0.257 e. The van der Waals surface area contributed by atoms with Crippen molar-refractivity contribution in [2.24, 2.45) is 0 Å². The molecule has 2 aromatic carbocycles. The predicted molar refractivity (Wildman–Crippen MR) is 89.0 cm³/mol. The molecule has 2 aromatic rings. The van der Waals surface area contributed by atoms with Crippen molar-refractivity contribution in [2.45, 2.75) is 13.0 Å². The van der Waals surface area contributed by atoms with E-state index in [0.29, 0.717) is 10.6 Å². The second-order valence-corrected chi connectivity index (χ2v) is 6.27. The zero-order chi connectivity index (χ0) is 14.8. The first kappa shape index (κ1) is 14.6. The molecule has 1 heterocycles. The van der Waals surface area contributed by atoms with Gasteiger partial charge in [0.25, 0.3) is 5.91 Å². The summed E-state index contributed by atoms with van der Waals surface area (Å²) in [5, 5.41) is 6.73. The number of benzene rings is 2. The fraction of sp³-hybridized carbons (Fsp3) is 0.188. The topological polar surface area (TPSA) is 41.1 Å². The third kappa shape index (κ3) is 3.12. The monoisotopic (exact) mass is 364 g/mol. The Bertz CT molecular complexity index is 703. The lowest BCUT2D eigenvalue weighted by molar-refractivity contribution is 0.102. The molecule has 0 aliphatic carbocycles. The Kier molecular flexibility index (Phi) is 4.29. The van der Waals surface area contributed by atoms with Gasteiger partial charge < -0.3 is 10.6 Å². The van der Waals surface area contributed by atoms with E-state index in [-0.39, 0.29) is 5.91 Å². The lowest BCUT2D eigenvalue weighted by atomic mass is 9.99. The predicted octanol–water partition coefficient (Wildman–Crippen LogP) is 4.00. The number of fused-ring (bicyclic) bond motifs is 1. The van der Waals surface area contributed by atoms with Crippen molar-refractivity contribution in [3.8, 4) is 0 Å². The first-order chi connectivity index (χ1) is 10.1. The fourth-order valence-corrected chi connectivity index (χ4v) is 3.25. The van der Waals surface area contributed by atoms with Crippen molar-refractivity contribution in [3.63, 3.8) is 0 Å². The van der Waals surface area contributed by atoms with Crippen LogP contribution in [0.2, 0.25) is 5.02 Å². The average molecular weight is 366 g/mol. The number of carbonyl (C=O) groups is 1. The molecule has 0 spiro atoms. The van der Waals surface area contributed by atoms with Gasteiger partial charge in [-0.2, -0.15) is 0 Å². The van der Waals surface area contributed by atoms with Crippen LogP contribution >= 0.6 is 27.5 Å². The number of anilines is 1. The summed E-state index contributed by atoms with van der Waals surface area (Å²) in [7, 11) is 0. The highest BCUT2D eigenvalue weighted by molar-refractivity contribution is 9.10. The summed E-state index contributed by atoms with van der Waals surface area (Å²) in [5.41, 5.74) is 3.77. The van der Waals surface area contributed by atoms with Gasteiger partial charge >= 0.3 is 0 Å². The van der Waals surface area contributed by atoms with Crippen LogP contribution in [0.4, 0.5) is 5.69 Å². The van der Waals surface area contributed by atoms with Gasteiger partial charge in [0.1, 0.15) is 0 Å². The summed E-state index contributed by atoms with van der Waals surface area (Å²) >= 11 is 9.47. The van der Waals surface area contributed by atoms with Crippen LogP contribution in [0.5, 0.6) is 0 Å². The fourth-order valence-electron chi connectivity index (χ4n) is 2.49. The molecular formula is C16H14BrClN2O. The van der Waals surface area contributed by atoms with Crippen LogP contribution in [-0.2, 0) is 13.0 Å². The maximum atomic E-state index is 12.4. The van der Waals surface area contributed by atoms with Crippen LogP contribution in [0.3, 0.4) is 0 Å². The highest BCUT2D eigenvalue weighted by atomic mass is 79.9. The molecule has 0 unspecified atom stereocenters. The van der Waals surface area contributed by atoms with Crippen molar-refractivity contribution in [2.75, 3.05) is 11.9 Å². The zero-order valence-electron chi connectivity index (χ0n) is 11.2. The molecule has 3 rings (SSSR count). The highest BCUT2D eigenvalue weighted by Crippen LogP contribution is 2.26. The van der Waals surface area contributed by atoms with Gasteiger partial charge in [0.05, 0.1) is 10.6 Å². The Hall–Kier alpha value is -1.36. The largest absolute Gasteiger partial charge is 0.322 e. The van der Waals surface area contributed by atoms with Gasteiger partial charge in [-0.05, 0) is 48.4 Å². The number of carbonyl (C=O) groups excluding carboxylic acids is 1. The molecule has 0 fully saturated rings. The lowest BCUT2D eigenvalue weighted by Gasteiger charge is -2.20. The van der Waals surface area contributed by atoms with Crippen molar-refractivity contribution in [1.29, 1.82) is 0 Å². The van der Waals surface area contributed by atoms with Gasteiger partial charge in [-0.25, -0.2) is 0 Å². The maximum Gasteiger partial charge on any atom is 0.257 e. The molecule has 0 saturated heterocycles. The van der Waals surface area contributed by atoms with Gasteiger partial charge in [-0.15, -0.1) is 0 Å². The summed E-state index contributed by atoms with van der Waals surface area (Å²) < 4.78 is 0.852. The molecule has 2 N–H and O–H groups in total. The minimum absolute atomic E-state index is 0.188. The Balaban J connectivity index is 1.88. The molecule has 0 bridgehead atoms. The third-order valence-corrected chi connectivity index (χ3v) is 4.38. The van der Waals surface area contributed by atoms with Gasteiger partial charge in [0, 0.05) is 16.7 Å². The van der Waals surface area contributed by atoms with E-state index in [1.807, 2.05) is 18.2 Å². The van der Waals surface area contributed by atoms with E-state index in [1.54, 1.807) is 12.1 Å². The second-order valence-electron chi connectivity index (χ2n) is 4.95. The standard InChI is InChI=1S/C16H14BrClN2O/c17-11-4-5-12(14(18)8-11)16(21)20-15-3-1-2-10-6-7-19-9-13(10)15/h1-5,8,19H,6-7,9H2,(H,20,21). The molecule has 1 aliphatic rings. The quantitative estimate of drug-likeness (QED) is 0.844. The molecule has 3 nitrogen and oxygen atoms in total. The summed E-state index contributed by atoms with van der Waals surface area (Å²) in [4.78, 5) is 12.4. The summed E-state index contributed by atoms with van der Waals surface area (Å²) in [5.74, 6) is -0.188. The highest BCUT2D eigenvalue weighted by Gasteiger charge is 2.16. The molecule has 0 radical (unpaired) electrons. The Morgan fingerprint density at radius 3 is 2.95 bits per heavy atom. The molecule has 0 saturated carbocycles. The van der Waals surface area contributed by atoms with Gasteiger partial charge in [0.2, 0.25) is 0 Å². The normalized spacial score (nSPS) is 13.6. The van der Waals surface area contributed by atoms with E-state index >= 15 is 0 Å². The Labute approximate surface area is 136 Å². The van der Waals surface area contributed by atoms with Crippen LogP contribution in [0.1, 0.15) is 21.5 Å². The van der Waals surface area contributed by atoms with Crippen molar-refractivity contribution in [3.05, 3.63) is 62.6 Å². The molecule has 1 aliphatic heterocycles. The first-order valence-electron chi connectivity index (χ1n) is 6.73. The molecule has 0 atom stereocenters. The SMILES string of the molecule is O=C(Nc1cccc2c1CNCC2)c1ccc(Br)cc1Cl. The number of hydrogen-bond donors (Lipinski definition) is 2. The minimum atomic E-state index is -0.188. The number of hydrogen-bond acceptors (Lipinski definition) is 2. The van der Waals surface area contributed by atoms with Crippen LogP contribution in [0.25, 0.3) is 0 Å². The Morgan fingerprint density at radius 1 is 1.29 bits per heavy atom. The maximum absolute atomic E-state index is 12.4. The molecule has 0 aromatic heterocycles. The van der Waals surface area contributed by atoms with E-state index in [9.17, 15) is 4.79 Å². The third-order valence-electron chi connectivity index (χ3n) is 3.57. The Morgan fingerprint density at radius 2 is 2.14 bits per heavy atom. The van der Waals surface area contributed by atoms with Crippen molar-refractivity contribution >= 4 is 39.1 Å². The lowest BCUT2D eigenvalue weighted by Crippen LogP contribution is -2.25. The van der Waals surface area contributed by atoms with Crippen LogP contribution in [0, 0.1) is 0 Å². The van der Waals surface area contributed by atoms with Crippen LogP contribution in [0.15, 0.2) is 40.9 Å². The molecule has 21 heavy (non-hydrogen) atoms. The second kappa shape index (κ2) is 6.18. The summed E-state index contributed by atoms with van der Waals surface area (Å²) in [6.45, 7) is 1.75. The van der Waals surface area contributed by atoms with E-state index in [0.717, 1.165) is 35.2 Å². The van der Waals surface area contributed by atoms with Gasteiger partial charge in [0.15, 0.2) is 0 Å². The molecular weight excluding hydrogens is 352 g/mol. The van der Waals surface area contributed by atoms with Crippen molar-refractivity contribution in [1.82, 2.24) is 5.32 Å². The van der Waals surface area contributed by atoms with E-state index in [4.69, 9.17) is 11.6 Å². The summed E-state index contributed by atoms with van der Waals surface area (Å²) in [6.07, 6.45) is 0.984. The van der Waals surface area contributed by atoms with E-state index in [1.165, 1.54) is 5.56 Å². The number of amides is 1. The van der Waals surface area contributed by atoms with Crippen molar-refractivity contribution < 1.29 is 4.79 Å². The van der Waals surface area contributed by atoms with E-state index in [2.05, 4.69) is 32.6 Å². The molecule has 1 amide bonds. The van der Waals surface area contributed by atoms with Gasteiger partial charge in [-0.1, -0.05) is 39.7 Å². The number of halogens is 2. The van der Waals surface area contributed by atoms with Crippen LogP contribution in [-0.4, -0.2) is 12.5 Å². The van der Waals surface area contributed by atoms with E-state index < -0.39 is 0 Å². The zero-order valence-corrected chi connectivity index (χ0v) is 13.6. The molecule has 5 heteroatoms. The summed E-state index contributed by atoms with van der Waals surface area (Å²) in [6, 6.07) is 11.3. The number of nitrogens with one attached hydrogen (secondary N) is 2. The number of rotatable bonds is 2. The van der Waals surface area contributed by atoms with Gasteiger partial charge in [-0.3, -0.25) is 4.79 Å². The average Bonchev–Trinajstić information content (AvgIpc) is 2.47. The molecule has 108 valence electrons. The van der Waals surface area contributed by atoms with Crippen LogP contribution < -0.4 is 10.6 Å². The minimum Gasteiger partial charge on any atom is -0.322 e.